The Kier molecular flexibility index (Phi) is 8.15. The molecule has 54 heavy (non-hydrogen) atoms. The summed E-state index contributed by atoms with van der Waals surface area (Å²) in [6.45, 7) is 7.86. The van der Waals surface area contributed by atoms with E-state index >= 15 is 4.79 Å². The standard InChI is InChI=1S/C43H54N4O7/c1-6-39-14-10-16-47-18-15-41(36(39)47)29-19-30(33(52-3)20-32(29)45-35(41)43(51,24-39)38(49)54-5)42(37(48)53-4)22-26-21-40(50,7-2)25-46(23-26)17-13-28-27-11-8-9-12-31(27)44-34(28)42/h8-12,14,19-20,26,35-36,44-45,50-51H,6-7,13,15-18,21-25H2,1-5H3. The molecule has 6 aliphatic rings. The van der Waals surface area contributed by atoms with Crippen LogP contribution >= 0.6 is 0 Å². The highest BCUT2D eigenvalue weighted by Crippen LogP contribution is 2.66. The lowest BCUT2D eigenvalue weighted by Gasteiger charge is -2.60. The molecule has 9 atom stereocenters. The van der Waals surface area contributed by atoms with Crippen LogP contribution in [0.1, 0.15) is 74.8 Å². The monoisotopic (exact) mass is 738 g/mol. The highest BCUT2D eigenvalue weighted by molar-refractivity contribution is 5.94. The summed E-state index contributed by atoms with van der Waals surface area (Å²) in [5, 5.41) is 29.3. The first-order chi connectivity index (χ1) is 26.0. The number of nitrogens with one attached hydrogen (secondary N) is 2. The number of aromatic nitrogens is 1. The molecule has 1 aliphatic carbocycles. The van der Waals surface area contributed by atoms with Crippen LogP contribution < -0.4 is 10.1 Å². The van der Waals surface area contributed by atoms with Gasteiger partial charge in [-0.1, -0.05) is 44.2 Å². The van der Waals surface area contributed by atoms with Crippen LogP contribution in [0.4, 0.5) is 5.69 Å². The number of nitrogens with zero attached hydrogens (tertiary/aromatic N) is 2. The van der Waals surface area contributed by atoms with E-state index in [2.05, 4.69) is 57.4 Å². The molecule has 9 rings (SSSR count). The van der Waals surface area contributed by atoms with Gasteiger partial charge < -0.3 is 34.7 Å². The molecule has 11 heteroatoms. The minimum Gasteiger partial charge on any atom is -0.496 e. The third-order valence-corrected chi connectivity index (χ3v) is 14.8. The van der Waals surface area contributed by atoms with E-state index in [4.69, 9.17) is 14.2 Å². The first-order valence-corrected chi connectivity index (χ1v) is 19.8. The average Bonchev–Trinajstić information content (AvgIpc) is 3.87. The fraction of sp³-hybridized carbons (Fsp3) is 0.581. The number of H-pyrrole nitrogens is 1. The van der Waals surface area contributed by atoms with Crippen molar-refractivity contribution in [1.82, 2.24) is 14.8 Å². The van der Waals surface area contributed by atoms with Crippen molar-refractivity contribution in [3.05, 3.63) is 70.9 Å². The Morgan fingerprint density at radius 1 is 0.981 bits per heavy atom. The molecule has 1 saturated carbocycles. The van der Waals surface area contributed by atoms with Crippen molar-refractivity contribution in [2.45, 2.75) is 92.9 Å². The maximum absolute atomic E-state index is 15.2. The molecule has 2 aromatic carbocycles. The summed E-state index contributed by atoms with van der Waals surface area (Å²) in [4.78, 5) is 37.6. The minimum atomic E-state index is -1.82. The molecule has 5 aliphatic heterocycles. The summed E-state index contributed by atoms with van der Waals surface area (Å²) in [5.74, 6) is -0.553. The second-order valence-corrected chi connectivity index (χ2v) is 17.2. The number of methoxy groups -OCH3 is 3. The number of benzene rings is 2. The van der Waals surface area contributed by atoms with Gasteiger partial charge in [-0.05, 0) is 80.7 Å². The van der Waals surface area contributed by atoms with Gasteiger partial charge in [0.15, 0.2) is 5.60 Å². The predicted octanol–water partition coefficient (Wildman–Crippen LogP) is 4.43. The van der Waals surface area contributed by atoms with E-state index in [9.17, 15) is 15.0 Å². The van der Waals surface area contributed by atoms with E-state index in [0.717, 1.165) is 66.0 Å². The molecule has 1 spiro atoms. The summed E-state index contributed by atoms with van der Waals surface area (Å²) in [7, 11) is 4.44. The number of hydrogen-bond donors (Lipinski definition) is 4. The Labute approximate surface area is 317 Å². The number of rotatable bonds is 6. The minimum absolute atomic E-state index is 0.00497. The number of hydrogen-bond acceptors (Lipinski definition) is 10. The van der Waals surface area contributed by atoms with Gasteiger partial charge in [0.2, 0.25) is 0 Å². The number of carbonyl (C=O) groups excluding carboxylic acids is 2. The lowest BCUT2D eigenvalue weighted by molar-refractivity contribution is -0.179. The van der Waals surface area contributed by atoms with Crippen LogP contribution in [0.5, 0.6) is 5.75 Å². The number of para-hydroxylation sites is 1. The van der Waals surface area contributed by atoms with Crippen LogP contribution in [0.25, 0.3) is 10.9 Å². The number of fused-ring (bicyclic) bond motifs is 6. The van der Waals surface area contributed by atoms with E-state index in [0.29, 0.717) is 50.0 Å². The number of aromatic amines is 1. The number of piperidine rings is 1. The Hall–Kier alpha value is -3.90. The summed E-state index contributed by atoms with van der Waals surface area (Å²) in [6.07, 6.45) is 8.35. The molecule has 1 aromatic heterocycles. The molecular weight excluding hydrogens is 684 g/mol. The van der Waals surface area contributed by atoms with Crippen LogP contribution in [-0.2, 0) is 36.3 Å². The normalized spacial score (nSPS) is 37.8. The highest BCUT2D eigenvalue weighted by Gasteiger charge is 2.74. The number of aliphatic hydroxyl groups is 2. The number of anilines is 1. The molecule has 2 saturated heterocycles. The van der Waals surface area contributed by atoms with Crippen molar-refractivity contribution < 1.29 is 34.0 Å². The fourth-order valence-electron chi connectivity index (χ4n) is 12.6. The average molecular weight is 739 g/mol. The number of carbonyl (C=O) groups is 2. The zero-order valence-corrected chi connectivity index (χ0v) is 32.2. The molecule has 11 nitrogen and oxygen atoms in total. The first-order valence-electron chi connectivity index (χ1n) is 19.8. The predicted molar refractivity (Wildman–Crippen MR) is 205 cm³/mol. The van der Waals surface area contributed by atoms with Gasteiger partial charge in [0.1, 0.15) is 11.2 Å². The summed E-state index contributed by atoms with van der Waals surface area (Å²) in [6, 6.07) is 11.7. The van der Waals surface area contributed by atoms with Crippen molar-refractivity contribution >= 4 is 28.5 Å². The zero-order chi connectivity index (χ0) is 37.8. The van der Waals surface area contributed by atoms with Gasteiger partial charge in [-0.15, -0.1) is 0 Å². The summed E-state index contributed by atoms with van der Waals surface area (Å²) in [5.41, 5.74) is 0.0457. The quantitative estimate of drug-likeness (QED) is 0.213. The Balaban J connectivity index is 1.34. The van der Waals surface area contributed by atoms with Gasteiger partial charge in [-0.3, -0.25) is 14.6 Å². The molecular formula is C43H54N4O7. The van der Waals surface area contributed by atoms with Crippen molar-refractivity contribution in [1.29, 1.82) is 0 Å². The van der Waals surface area contributed by atoms with E-state index < -0.39 is 39.5 Å². The van der Waals surface area contributed by atoms with Crippen molar-refractivity contribution in [2.24, 2.45) is 11.3 Å². The summed E-state index contributed by atoms with van der Waals surface area (Å²) >= 11 is 0. The van der Waals surface area contributed by atoms with Crippen LogP contribution in [0.15, 0.2) is 48.6 Å². The van der Waals surface area contributed by atoms with E-state index in [1.54, 1.807) is 7.11 Å². The molecule has 3 fully saturated rings. The van der Waals surface area contributed by atoms with Crippen LogP contribution in [0.2, 0.25) is 0 Å². The molecule has 288 valence electrons. The van der Waals surface area contributed by atoms with Crippen LogP contribution in [-0.4, -0.2) is 114 Å². The first kappa shape index (κ1) is 35.8. The largest absolute Gasteiger partial charge is 0.496 e. The topological polar surface area (TPSA) is 137 Å². The van der Waals surface area contributed by atoms with Gasteiger partial charge in [-0.2, -0.15) is 0 Å². The Morgan fingerprint density at radius 3 is 2.52 bits per heavy atom. The molecule has 3 aromatic rings. The second-order valence-electron chi connectivity index (χ2n) is 17.2. The van der Waals surface area contributed by atoms with E-state index in [1.165, 1.54) is 14.2 Å². The SMILES string of the molecule is CCC1(O)CC2CN(CCc3c([nH]c4ccccc34)C(C(=O)OC)(c3cc4c(cc3OC)NC3C(O)(C(=O)OC)CC5(CC)C=CCN6CCC43C65)C2)C1. The Morgan fingerprint density at radius 2 is 1.78 bits per heavy atom. The van der Waals surface area contributed by atoms with Crippen molar-refractivity contribution in [3.8, 4) is 5.75 Å². The van der Waals surface area contributed by atoms with Gasteiger partial charge in [0.25, 0.3) is 0 Å². The van der Waals surface area contributed by atoms with Crippen molar-refractivity contribution in [3.63, 3.8) is 0 Å². The molecule has 6 heterocycles. The molecule has 9 unspecified atom stereocenters. The maximum atomic E-state index is 15.2. The second kappa shape index (κ2) is 12.3. The molecule has 2 bridgehead atoms. The summed E-state index contributed by atoms with van der Waals surface area (Å²) < 4.78 is 17.6. The van der Waals surface area contributed by atoms with E-state index in [-0.39, 0.29) is 24.3 Å². The lowest BCUT2D eigenvalue weighted by Crippen LogP contribution is -2.73. The number of ether oxygens (including phenoxy) is 3. The van der Waals surface area contributed by atoms with Crippen LogP contribution in [0, 0.1) is 11.3 Å². The third-order valence-electron chi connectivity index (χ3n) is 14.8. The molecule has 0 amide bonds. The van der Waals surface area contributed by atoms with Crippen molar-refractivity contribution in [2.75, 3.05) is 59.4 Å². The maximum Gasteiger partial charge on any atom is 0.340 e. The molecule has 4 N–H and O–H groups in total. The van der Waals surface area contributed by atoms with Crippen LogP contribution in [0.3, 0.4) is 0 Å². The highest BCUT2D eigenvalue weighted by atomic mass is 16.5. The lowest BCUT2D eigenvalue weighted by atomic mass is 9.49. The third kappa shape index (κ3) is 4.61. The zero-order valence-electron chi connectivity index (χ0n) is 32.2. The van der Waals surface area contributed by atoms with Gasteiger partial charge in [0, 0.05) is 77.0 Å². The molecule has 0 radical (unpaired) electrons. The van der Waals surface area contributed by atoms with Gasteiger partial charge in [0.05, 0.1) is 33.0 Å². The number of esters is 2. The van der Waals surface area contributed by atoms with E-state index in [1.807, 2.05) is 25.1 Å². The van der Waals surface area contributed by atoms with Gasteiger partial charge in [-0.25, -0.2) is 4.79 Å². The van der Waals surface area contributed by atoms with Gasteiger partial charge >= 0.3 is 11.9 Å². The smallest absolute Gasteiger partial charge is 0.340 e. The fourth-order valence-corrected chi connectivity index (χ4v) is 12.6. The Bertz CT molecular complexity index is 2060.